The number of carbonyl (C=O) groups excluding carboxylic acids is 1. The highest BCUT2D eigenvalue weighted by atomic mass is 16.5. The molecule has 0 spiro atoms. The number of amides is 1. The summed E-state index contributed by atoms with van der Waals surface area (Å²) < 4.78 is 5.59. The van der Waals surface area contributed by atoms with Crippen molar-refractivity contribution in [3.63, 3.8) is 0 Å². The van der Waals surface area contributed by atoms with E-state index in [1.54, 1.807) is 30.2 Å². The second-order valence-corrected chi connectivity index (χ2v) is 6.11. The van der Waals surface area contributed by atoms with Crippen LogP contribution in [0.5, 0.6) is 0 Å². The van der Waals surface area contributed by atoms with Gasteiger partial charge in [-0.1, -0.05) is 13.0 Å². The summed E-state index contributed by atoms with van der Waals surface area (Å²) in [7, 11) is 0. The Kier molecular flexibility index (Phi) is 5.23. The number of hydrogen-bond donors (Lipinski definition) is 1. The van der Waals surface area contributed by atoms with Gasteiger partial charge in [0.05, 0.1) is 19.1 Å². The van der Waals surface area contributed by atoms with Gasteiger partial charge in [-0.2, -0.15) is 0 Å². The van der Waals surface area contributed by atoms with E-state index >= 15 is 0 Å². The van der Waals surface area contributed by atoms with Crippen molar-refractivity contribution in [2.75, 3.05) is 19.7 Å². The quantitative estimate of drug-likeness (QED) is 0.905. The largest absolute Gasteiger partial charge is 0.375 e. The van der Waals surface area contributed by atoms with E-state index in [0.29, 0.717) is 42.5 Å². The molecule has 1 N–H and O–H groups in total. The molecular formula is C18H22N4O3. The average molecular weight is 342 g/mol. The van der Waals surface area contributed by atoms with Gasteiger partial charge in [-0.25, -0.2) is 4.98 Å². The van der Waals surface area contributed by atoms with Gasteiger partial charge >= 0.3 is 0 Å². The molecule has 1 aliphatic rings. The minimum Gasteiger partial charge on any atom is -0.375 e. The molecule has 25 heavy (non-hydrogen) atoms. The third-order valence-corrected chi connectivity index (χ3v) is 4.40. The maximum absolute atomic E-state index is 12.6. The fraction of sp³-hybridized carbons (Fsp3) is 0.444. The number of aromatic amines is 1. The second-order valence-electron chi connectivity index (χ2n) is 6.11. The molecule has 2 aromatic heterocycles. The fourth-order valence-corrected chi connectivity index (χ4v) is 2.90. The van der Waals surface area contributed by atoms with Crippen LogP contribution in [-0.4, -0.2) is 51.6 Å². The first-order valence-corrected chi connectivity index (χ1v) is 8.49. The molecule has 1 fully saturated rings. The van der Waals surface area contributed by atoms with Crippen LogP contribution >= 0.6 is 0 Å². The van der Waals surface area contributed by atoms with Crippen LogP contribution in [0.2, 0.25) is 0 Å². The Bertz CT molecular complexity index is 804. The fourth-order valence-electron chi connectivity index (χ4n) is 2.90. The van der Waals surface area contributed by atoms with Crippen molar-refractivity contribution < 1.29 is 9.53 Å². The van der Waals surface area contributed by atoms with Gasteiger partial charge < -0.3 is 14.6 Å². The van der Waals surface area contributed by atoms with Crippen LogP contribution < -0.4 is 5.56 Å². The Morgan fingerprint density at radius 2 is 2.28 bits per heavy atom. The van der Waals surface area contributed by atoms with Crippen molar-refractivity contribution in [3.8, 4) is 11.5 Å². The van der Waals surface area contributed by atoms with Gasteiger partial charge in [0.25, 0.3) is 5.56 Å². The standard InChI is InChI=1S/C18H22N4O3/c1-3-13-11-22(8-9-25-13)16(23)10-14-12(2)20-17(21-18(14)24)15-6-4-5-7-19-15/h4-7,13H,3,8-11H2,1-2H3,(H,20,21,24)/t13-/m1/s1. The number of pyridine rings is 1. The summed E-state index contributed by atoms with van der Waals surface area (Å²) in [6, 6.07) is 5.41. The number of ether oxygens (including phenoxy) is 1. The smallest absolute Gasteiger partial charge is 0.255 e. The van der Waals surface area contributed by atoms with Gasteiger partial charge in [0.1, 0.15) is 5.69 Å². The van der Waals surface area contributed by atoms with E-state index in [1.165, 1.54) is 0 Å². The Balaban J connectivity index is 1.79. The number of morpholine rings is 1. The number of nitrogens with one attached hydrogen (secondary N) is 1. The molecule has 0 bridgehead atoms. The first kappa shape index (κ1) is 17.3. The Morgan fingerprint density at radius 3 is 2.96 bits per heavy atom. The summed E-state index contributed by atoms with van der Waals surface area (Å²) in [6.45, 7) is 5.46. The predicted molar refractivity (Wildman–Crippen MR) is 93.1 cm³/mol. The van der Waals surface area contributed by atoms with Crippen molar-refractivity contribution in [2.24, 2.45) is 0 Å². The zero-order valence-electron chi connectivity index (χ0n) is 14.5. The lowest BCUT2D eigenvalue weighted by molar-refractivity contribution is -0.138. The van der Waals surface area contributed by atoms with Crippen molar-refractivity contribution in [3.05, 3.63) is 46.0 Å². The van der Waals surface area contributed by atoms with Gasteiger partial charge in [0, 0.05) is 30.5 Å². The van der Waals surface area contributed by atoms with Gasteiger partial charge in [0.2, 0.25) is 5.91 Å². The normalized spacial score (nSPS) is 17.5. The number of aryl methyl sites for hydroxylation is 1. The van der Waals surface area contributed by atoms with Crippen LogP contribution in [0.3, 0.4) is 0 Å². The minimum absolute atomic E-state index is 0.0487. The summed E-state index contributed by atoms with van der Waals surface area (Å²) in [5.74, 6) is 0.347. The molecule has 1 amide bonds. The molecule has 7 nitrogen and oxygen atoms in total. The molecular weight excluding hydrogens is 320 g/mol. The topological polar surface area (TPSA) is 88.2 Å². The third kappa shape index (κ3) is 3.93. The van der Waals surface area contributed by atoms with E-state index in [4.69, 9.17) is 4.74 Å². The lowest BCUT2D eigenvalue weighted by atomic mass is 10.1. The van der Waals surface area contributed by atoms with Crippen molar-refractivity contribution in [2.45, 2.75) is 32.8 Å². The second kappa shape index (κ2) is 7.57. The average Bonchev–Trinajstić information content (AvgIpc) is 2.65. The van der Waals surface area contributed by atoms with Crippen molar-refractivity contribution in [1.82, 2.24) is 19.9 Å². The van der Waals surface area contributed by atoms with Crippen LogP contribution in [0.15, 0.2) is 29.2 Å². The molecule has 2 aromatic rings. The van der Waals surface area contributed by atoms with Gasteiger partial charge in [0.15, 0.2) is 5.82 Å². The summed E-state index contributed by atoms with van der Waals surface area (Å²) in [5, 5.41) is 0. The highest BCUT2D eigenvalue weighted by Gasteiger charge is 2.24. The maximum Gasteiger partial charge on any atom is 0.255 e. The molecule has 3 heterocycles. The number of H-pyrrole nitrogens is 1. The van der Waals surface area contributed by atoms with Crippen LogP contribution in [0.4, 0.5) is 0 Å². The summed E-state index contributed by atoms with van der Waals surface area (Å²) in [6.07, 6.45) is 2.63. The third-order valence-electron chi connectivity index (χ3n) is 4.40. The summed E-state index contributed by atoms with van der Waals surface area (Å²) >= 11 is 0. The summed E-state index contributed by atoms with van der Waals surface area (Å²) in [4.78, 5) is 38.1. The van der Waals surface area contributed by atoms with Crippen molar-refractivity contribution in [1.29, 1.82) is 0 Å². The van der Waals surface area contributed by atoms with Gasteiger partial charge in [-0.15, -0.1) is 0 Å². The Morgan fingerprint density at radius 1 is 1.44 bits per heavy atom. The van der Waals surface area contributed by atoms with E-state index in [0.717, 1.165) is 6.42 Å². The molecule has 3 rings (SSSR count). The van der Waals surface area contributed by atoms with Gasteiger partial charge in [-0.05, 0) is 25.5 Å². The van der Waals surface area contributed by atoms with E-state index < -0.39 is 0 Å². The monoisotopic (exact) mass is 342 g/mol. The number of rotatable bonds is 4. The number of carbonyl (C=O) groups is 1. The molecule has 0 saturated carbocycles. The molecule has 7 heteroatoms. The van der Waals surface area contributed by atoms with Gasteiger partial charge in [-0.3, -0.25) is 14.6 Å². The molecule has 1 aliphatic heterocycles. The SMILES string of the molecule is CC[C@@H]1CN(C(=O)Cc2c(C)nc(-c3ccccn3)[nH]c2=O)CCO1. The molecule has 132 valence electrons. The Labute approximate surface area is 146 Å². The van der Waals surface area contributed by atoms with Crippen molar-refractivity contribution >= 4 is 5.91 Å². The number of nitrogens with zero attached hydrogens (tertiary/aromatic N) is 3. The molecule has 0 aliphatic carbocycles. The first-order chi connectivity index (χ1) is 12.1. The minimum atomic E-state index is -0.290. The van der Waals surface area contributed by atoms with E-state index in [1.807, 2.05) is 13.0 Å². The number of hydrogen-bond acceptors (Lipinski definition) is 5. The zero-order valence-corrected chi connectivity index (χ0v) is 14.5. The molecule has 0 radical (unpaired) electrons. The first-order valence-electron chi connectivity index (χ1n) is 8.49. The maximum atomic E-state index is 12.6. The lowest BCUT2D eigenvalue weighted by Crippen LogP contribution is -2.46. The highest BCUT2D eigenvalue weighted by molar-refractivity contribution is 5.79. The van der Waals surface area contributed by atoms with E-state index in [9.17, 15) is 9.59 Å². The predicted octanol–water partition coefficient (Wildman–Crippen LogP) is 1.32. The molecule has 0 aromatic carbocycles. The molecule has 1 atom stereocenters. The molecule has 1 saturated heterocycles. The van der Waals surface area contributed by atoms with Crippen LogP contribution in [0, 0.1) is 6.92 Å². The summed E-state index contributed by atoms with van der Waals surface area (Å²) in [5.41, 5.74) is 1.27. The highest BCUT2D eigenvalue weighted by Crippen LogP contribution is 2.13. The number of aromatic nitrogens is 3. The van der Waals surface area contributed by atoms with Crippen LogP contribution in [0.1, 0.15) is 24.6 Å². The van der Waals surface area contributed by atoms with Crippen LogP contribution in [-0.2, 0) is 16.0 Å². The van der Waals surface area contributed by atoms with Crippen LogP contribution in [0.25, 0.3) is 11.5 Å². The lowest BCUT2D eigenvalue weighted by Gasteiger charge is -2.32. The zero-order chi connectivity index (χ0) is 17.8. The molecule has 0 unspecified atom stereocenters. The Hall–Kier alpha value is -2.54. The van der Waals surface area contributed by atoms with E-state index in [2.05, 4.69) is 15.0 Å². The van der Waals surface area contributed by atoms with E-state index in [-0.39, 0.29) is 24.0 Å².